The molecule has 1 aliphatic heterocycles. The van der Waals surface area contributed by atoms with E-state index in [1.54, 1.807) is 0 Å². The average molecular weight is 295 g/mol. The molecule has 1 atom stereocenters. The normalized spacial score (nSPS) is 18.6. The van der Waals surface area contributed by atoms with Crippen LogP contribution in [0.3, 0.4) is 0 Å². The van der Waals surface area contributed by atoms with Crippen molar-refractivity contribution in [1.82, 2.24) is 9.88 Å². The molecule has 1 aromatic heterocycles. The minimum atomic E-state index is -1.26. The van der Waals surface area contributed by atoms with Crippen molar-refractivity contribution in [2.45, 2.75) is 25.3 Å². The van der Waals surface area contributed by atoms with E-state index in [-0.39, 0.29) is 11.4 Å². The molecule has 2 rings (SSSR count). The number of aromatic carboxylic acids is 1. The number of hydrogen-bond donors (Lipinski definition) is 1. The zero-order chi connectivity index (χ0) is 15.4. The smallest absolute Gasteiger partial charge is 0.337 e. The van der Waals surface area contributed by atoms with Crippen molar-refractivity contribution in [2.24, 2.45) is 0 Å². The van der Waals surface area contributed by atoms with Crippen LogP contribution in [0.5, 0.6) is 5.88 Å². The fourth-order valence-electron chi connectivity index (χ4n) is 2.44. The number of carbonyl (C=O) groups is 1. The average Bonchev–Trinajstić information content (AvgIpc) is 2.84. The van der Waals surface area contributed by atoms with Gasteiger partial charge in [0.15, 0.2) is 0 Å². The lowest BCUT2D eigenvalue weighted by atomic mass is 10.1. The molecule has 0 radical (unpaired) electrons. The summed E-state index contributed by atoms with van der Waals surface area (Å²) >= 11 is 0. The molecule has 1 aliphatic rings. The monoisotopic (exact) mass is 295 g/mol. The predicted octanol–water partition coefficient (Wildman–Crippen LogP) is 1.55. The van der Waals surface area contributed by atoms with Gasteiger partial charge in [-0.25, -0.2) is 9.78 Å². The van der Waals surface area contributed by atoms with Crippen LogP contribution >= 0.6 is 0 Å². The first-order valence-electron chi connectivity index (χ1n) is 6.70. The van der Waals surface area contributed by atoms with Crippen molar-refractivity contribution in [3.05, 3.63) is 27.9 Å². The lowest BCUT2D eigenvalue weighted by Crippen LogP contribution is -2.26. The fourth-order valence-corrected chi connectivity index (χ4v) is 2.44. The third-order valence-electron chi connectivity index (χ3n) is 3.64. The van der Waals surface area contributed by atoms with Crippen LogP contribution in [0.4, 0.5) is 5.69 Å². The molecule has 2 heterocycles. The molecule has 1 saturated heterocycles. The van der Waals surface area contributed by atoms with Crippen LogP contribution in [-0.4, -0.2) is 52.1 Å². The lowest BCUT2D eigenvalue weighted by molar-refractivity contribution is -0.386. The number of nitrogens with zero attached hydrogens (tertiary/aromatic N) is 3. The Morgan fingerprint density at radius 3 is 3.00 bits per heavy atom. The second kappa shape index (κ2) is 6.49. The van der Waals surface area contributed by atoms with Crippen molar-refractivity contribution in [2.75, 3.05) is 20.2 Å². The summed E-state index contributed by atoms with van der Waals surface area (Å²) in [5.41, 5.74) is -0.653. The number of carboxylic acid groups (broad SMARTS) is 1. The summed E-state index contributed by atoms with van der Waals surface area (Å²) in [5, 5.41) is 19.8. The molecule has 0 spiro atoms. The Kier molecular flexibility index (Phi) is 4.69. The number of hydrogen-bond acceptors (Lipinski definition) is 6. The van der Waals surface area contributed by atoms with Gasteiger partial charge in [-0.1, -0.05) is 0 Å². The van der Waals surface area contributed by atoms with Crippen molar-refractivity contribution in [3.63, 3.8) is 0 Å². The topological polar surface area (TPSA) is 106 Å². The van der Waals surface area contributed by atoms with Crippen molar-refractivity contribution >= 4 is 11.7 Å². The highest BCUT2D eigenvalue weighted by molar-refractivity contribution is 5.88. The van der Waals surface area contributed by atoms with E-state index in [4.69, 9.17) is 9.84 Å². The zero-order valence-electron chi connectivity index (χ0n) is 11.7. The number of rotatable bonds is 6. The molecule has 21 heavy (non-hydrogen) atoms. The highest BCUT2D eigenvalue weighted by Gasteiger charge is 2.23. The highest BCUT2D eigenvalue weighted by Crippen LogP contribution is 2.26. The van der Waals surface area contributed by atoms with Crippen LogP contribution in [0.25, 0.3) is 0 Å². The zero-order valence-corrected chi connectivity index (χ0v) is 11.7. The summed E-state index contributed by atoms with van der Waals surface area (Å²) in [4.78, 5) is 27.1. The number of likely N-dealkylation sites (tertiary alicyclic amines) is 1. The maximum atomic E-state index is 11.0. The Balaban J connectivity index is 2.02. The molecule has 1 aromatic rings. The molecule has 114 valence electrons. The first-order valence-corrected chi connectivity index (χ1v) is 6.70. The summed E-state index contributed by atoms with van der Waals surface area (Å²) in [7, 11) is 2.04. The van der Waals surface area contributed by atoms with Crippen LogP contribution in [0, 0.1) is 10.1 Å². The van der Waals surface area contributed by atoms with E-state index in [1.807, 2.05) is 7.05 Å². The Bertz CT molecular complexity index is 549. The number of pyridine rings is 1. The molecule has 0 aromatic carbocycles. The molecular weight excluding hydrogens is 278 g/mol. The maximum absolute atomic E-state index is 11.0. The van der Waals surface area contributed by atoms with Crippen LogP contribution in [0.2, 0.25) is 0 Å². The van der Waals surface area contributed by atoms with E-state index >= 15 is 0 Å². The third-order valence-corrected chi connectivity index (χ3v) is 3.64. The fraction of sp³-hybridized carbons (Fsp3) is 0.538. The Labute approximate surface area is 121 Å². The van der Waals surface area contributed by atoms with Crippen molar-refractivity contribution in [1.29, 1.82) is 0 Å². The van der Waals surface area contributed by atoms with Crippen molar-refractivity contribution in [3.8, 4) is 5.88 Å². The summed E-state index contributed by atoms with van der Waals surface area (Å²) in [5.74, 6) is -1.39. The van der Waals surface area contributed by atoms with Gasteiger partial charge < -0.3 is 14.7 Å². The molecule has 1 fully saturated rings. The van der Waals surface area contributed by atoms with Gasteiger partial charge in [0.1, 0.15) is 0 Å². The molecule has 1 N–H and O–H groups in total. The predicted molar refractivity (Wildman–Crippen MR) is 73.6 cm³/mol. The number of ether oxygens (including phenoxy) is 1. The Morgan fingerprint density at radius 1 is 1.67 bits per heavy atom. The van der Waals surface area contributed by atoms with Gasteiger partial charge in [-0.2, -0.15) is 0 Å². The van der Waals surface area contributed by atoms with Gasteiger partial charge in [-0.05, 0) is 32.9 Å². The SMILES string of the molecule is CN1CCCC1CCOc1ncc(C(=O)O)cc1[N+](=O)[O-]. The number of aromatic nitrogens is 1. The van der Waals surface area contributed by atoms with Crippen LogP contribution < -0.4 is 4.74 Å². The van der Waals surface area contributed by atoms with Crippen LogP contribution in [-0.2, 0) is 0 Å². The molecule has 8 heteroatoms. The molecule has 0 aliphatic carbocycles. The maximum Gasteiger partial charge on any atom is 0.337 e. The molecule has 0 amide bonds. The van der Waals surface area contributed by atoms with E-state index in [2.05, 4.69) is 9.88 Å². The molecule has 0 saturated carbocycles. The molecule has 0 bridgehead atoms. The molecule has 8 nitrogen and oxygen atoms in total. The van der Waals surface area contributed by atoms with Crippen LogP contribution in [0.1, 0.15) is 29.6 Å². The summed E-state index contributed by atoms with van der Waals surface area (Å²) < 4.78 is 5.37. The minimum absolute atomic E-state index is 0.134. The quantitative estimate of drug-likeness (QED) is 0.626. The summed E-state index contributed by atoms with van der Waals surface area (Å²) in [6.07, 6.45) is 4.06. The van der Waals surface area contributed by atoms with Crippen LogP contribution in [0.15, 0.2) is 12.3 Å². The van der Waals surface area contributed by atoms with E-state index in [9.17, 15) is 14.9 Å². The summed E-state index contributed by atoms with van der Waals surface area (Å²) in [6, 6.07) is 1.38. The Morgan fingerprint density at radius 2 is 2.43 bits per heavy atom. The standard InChI is InChI=1S/C13H17N3O5/c1-15-5-2-3-10(15)4-6-21-12-11(16(19)20)7-9(8-14-12)13(17)18/h7-8,10H,2-6H2,1H3,(H,17,18). The van der Waals surface area contributed by atoms with Gasteiger partial charge in [-0.3, -0.25) is 10.1 Å². The largest absolute Gasteiger partial charge is 0.478 e. The first kappa shape index (κ1) is 15.2. The Hall–Kier alpha value is -2.22. The number of carboxylic acids is 1. The van der Waals surface area contributed by atoms with E-state index in [1.165, 1.54) is 0 Å². The van der Waals surface area contributed by atoms with Gasteiger partial charge in [0.2, 0.25) is 0 Å². The minimum Gasteiger partial charge on any atom is -0.478 e. The third kappa shape index (κ3) is 3.66. The van der Waals surface area contributed by atoms with Crippen molar-refractivity contribution < 1.29 is 19.6 Å². The molecule has 1 unspecified atom stereocenters. The summed E-state index contributed by atoms with van der Waals surface area (Å²) in [6.45, 7) is 1.37. The lowest BCUT2D eigenvalue weighted by Gasteiger charge is -2.18. The van der Waals surface area contributed by atoms with E-state index < -0.39 is 16.6 Å². The van der Waals surface area contributed by atoms with Gasteiger partial charge in [0, 0.05) is 18.3 Å². The molecular formula is C13H17N3O5. The highest BCUT2D eigenvalue weighted by atomic mass is 16.6. The van der Waals surface area contributed by atoms with Gasteiger partial charge in [0.25, 0.3) is 5.88 Å². The first-order chi connectivity index (χ1) is 9.99. The van der Waals surface area contributed by atoms with Gasteiger partial charge >= 0.3 is 11.7 Å². The second-order valence-corrected chi connectivity index (χ2v) is 5.02. The van der Waals surface area contributed by atoms with Gasteiger partial charge in [0.05, 0.1) is 17.1 Å². The van der Waals surface area contributed by atoms with E-state index in [0.29, 0.717) is 12.6 Å². The van der Waals surface area contributed by atoms with Gasteiger partial charge in [-0.15, -0.1) is 0 Å². The number of nitro groups is 1. The van der Waals surface area contributed by atoms with E-state index in [0.717, 1.165) is 38.1 Å². The second-order valence-electron chi connectivity index (χ2n) is 5.02.